The summed E-state index contributed by atoms with van der Waals surface area (Å²) in [5.41, 5.74) is 0. The van der Waals surface area contributed by atoms with Crippen molar-refractivity contribution in [3.8, 4) is 0 Å². The third kappa shape index (κ3) is 47.7. The van der Waals surface area contributed by atoms with Crippen LogP contribution in [0.4, 0.5) is 0 Å². The standard InChI is InChI=1S/C73H135NO10/c1-4-7-10-13-16-19-22-25-27-29-30-31-32-33-34-35-36-37-38-39-41-43-46-49-52-55-58-61-68(78)84-71-70(80)69(79)67(62-75)83-73(71)82-63-64(65(76)59-56-53-50-47-44-24-21-18-15-12-9-6-3)74-72(81)66(77)60-57-54-51-48-45-42-40-28-26-23-20-17-14-11-8-5-2/h17,20,25-28,56,59,64-67,69-71,73,75-77,79-80H,4-16,18-19,21-24,29-55,57-58,60-63H2,1-3H3,(H,74,81)/b20-17-,27-25+,28-26-,59-56+. The molecule has 8 unspecified atom stereocenters. The summed E-state index contributed by atoms with van der Waals surface area (Å²) in [6.07, 6.45) is 65.9. The number of nitrogens with one attached hydrogen (secondary N) is 1. The van der Waals surface area contributed by atoms with Crippen LogP contribution in [0.2, 0.25) is 0 Å². The smallest absolute Gasteiger partial charge is 0.306 e. The molecule has 1 aliphatic heterocycles. The Bertz CT molecular complexity index is 1550. The summed E-state index contributed by atoms with van der Waals surface area (Å²) in [6, 6.07) is -1.03. The highest BCUT2D eigenvalue weighted by Gasteiger charge is 2.47. The molecule has 84 heavy (non-hydrogen) atoms. The molecule has 1 heterocycles. The molecule has 8 atom stereocenters. The lowest BCUT2D eigenvalue weighted by Gasteiger charge is -2.41. The maximum absolute atomic E-state index is 13.5. The number of carbonyl (C=O) groups excluding carboxylic acids is 2. The van der Waals surface area contributed by atoms with Crippen molar-refractivity contribution in [1.29, 1.82) is 0 Å². The third-order valence-electron chi connectivity index (χ3n) is 17.0. The van der Waals surface area contributed by atoms with Crippen LogP contribution in [0, 0.1) is 0 Å². The van der Waals surface area contributed by atoms with E-state index in [0.29, 0.717) is 12.8 Å². The number of hydrogen-bond donors (Lipinski definition) is 6. The molecule has 0 saturated carbocycles. The fraction of sp³-hybridized carbons (Fsp3) is 0.863. The number of hydrogen-bond acceptors (Lipinski definition) is 10. The van der Waals surface area contributed by atoms with Crippen LogP contribution in [0.15, 0.2) is 48.6 Å². The van der Waals surface area contributed by atoms with Gasteiger partial charge in [-0.3, -0.25) is 9.59 Å². The molecule has 0 bridgehead atoms. The molecular formula is C73H135NO10. The first-order valence-electron chi connectivity index (χ1n) is 35.9. The van der Waals surface area contributed by atoms with Gasteiger partial charge in [0.2, 0.25) is 5.91 Å². The Morgan fingerprint density at radius 2 is 0.821 bits per heavy atom. The monoisotopic (exact) mass is 1190 g/mol. The van der Waals surface area contributed by atoms with E-state index in [1.807, 2.05) is 6.08 Å². The lowest BCUT2D eigenvalue weighted by Crippen LogP contribution is -2.61. The number of unbranched alkanes of at least 4 members (excludes halogenated alkanes) is 42. The van der Waals surface area contributed by atoms with Gasteiger partial charge in [-0.25, -0.2) is 0 Å². The Morgan fingerprint density at radius 3 is 1.25 bits per heavy atom. The highest BCUT2D eigenvalue weighted by Crippen LogP contribution is 2.26. The van der Waals surface area contributed by atoms with E-state index in [1.54, 1.807) is 6.08 Å². The first-order valence-corrected chi connectivity index (χ1v) is 35.9. The van der Waals surface area contributed by atoms with E-state index in [-0.39, 0.29) is 19.4 Å². The van der Waals surface area contributed by atoms with Crippen LogP contribution < -0.4 is 5.32 Å². The predicted molar refractivity (Wildman–Crippen MR) is 352 cm³/mol. The molecule has 0 aromatic heterocycles. The Labute approximate surface area is 516 Å². The number of carbonyl (C=O) groups is 2. The second kappa shape index (κ2) is 60.9. The maximum Gasteiger partial charge on any atom is 0.306 e. The highest BCUT2D eigenvalue weighted by atomic mass is 16.7. The van der Waals surface area contributed by atoms with E-state index < -0.39 is 67.4 Å². The summed E-state index contributed by atoms with van der Waals surface area (Å²) in [4.78, 5) is 26.7. The Balaban J connectivity index is 2.53. The summed E-state index contributed by atoms with van der Waals surface area (Å²) in [7, 11) is 0. The zero-order chi connectivity index (χ0) is 61.0. The van der Waals surface area contributed by atoms with Crippen molar-refractivity contribution in [2.45, 2.75) is 391 Å². The van der Waals surface area contributed by atoms with Gasteiger partial charge in [0.15, 0.2) is 12.4 Å². The number of aliphatic hydroxyl groups is 5. The van der Waals surface area contributed by atoms with Gasteiger partial charge >= 0.3 is 5.97 Å². The van der Waals surface area contributed by atoms with Gasteiger partial charge in [0.25, 0.3) is 0 Å². The number of rotatable bonds is 62. The van der Waals surface area contributed by atoms with Crippen LogP contribution >= 0.6 is 0 Å². The van der Waals surface area contributed by atoms with Crippen molar-refractivity contribution in [2.24, 2.45) is 0 Å². The molecule has 0 aliphatic carbocycles. The van der Waals surface area contributed by atoms with Crippen LogP contribution in [0.3, 0.4) is 0 Å². The lowest BCUT2D eigenvalue weighted by molar-refractivity contribution is -0.305. The van der Waals surface area contributed by atoms with Crippen LogP contribution in [0.25, 0.3) is 0 Å². The van der Waals surface area contributed by atoms with Gasteiger partial charge in [0.05, 0.1) is 25.4 Å². The minimum atomic E-state index is -1.61. The van der Waals surface area contributed by atoms with Crippen molar-refractivity contribution < 1.29 is 49.3 Å². The van der Waals surface area contributed by atoms with Crippen molar-refractivity contribution in [2.75, 3.05) is 13.2 Å². The molecule has 0 aromatic carbocycles. The minimum absolute atomic E-state index is 0.126. The van der Waals surface area contributed by atoms with Crippen LogP contribution in [-0.4, -0.2) is 99.6 Å². The van der Waals surface area contributed by atoms with E-state index in [0.717, 1.165) is 83.5 Å². The quantitative estimate of drug-likeness (QED) is 0.0195. The summed E-state index contributed by atoms with van der Waals surface area (Å²) < 4.78 is 17.7. The summed E-state index contributed by atoms with van der Waals surface area (Å²) in [5, 5.41) is 57.2. The van der Waals surface area contributed by atoms with Gasteiger partial charge in [-0.05, 0) is 83.5 Å². The molecule has 0 radical (unpaired) electrons. The number of allylic oxidation sites excluding steroid dienone is 7. The van der Waals surface area contributed by atoms with Gasteiger partial charge in [-0.15, -0.1) is 0 Å². The minimum Gasteiger partial charge on any atom is -0.454 e. The van der Waals surface area contributed by atoms with Crippen molar-refractivity contribution in [3.63, 3.8) is 0 Å². The van der Waals surface area contributed by atoms with Crippen LogP contribution in [0.5, 0.6) is 0 Å². The van der Waals surface area contributed by atoms with E-state index in [1.165, 1.54) is 212 Å². The molecule has 1 amide bonds. The molecule has 1 aliphatic rings. The van der Waals surface area contributed by atoms with Crippen LogP contribution in [-0.2, 0) is 23.8 Å². The second-order valence-corrected chi connectivity index (χ2v) is 25.0. The third-order valence-corrected chi connectivity index (χ3v) is 17.0. The number of esters is 1. The fourth-order valence-electron chi connectivity index (χ4n) is 11.3. The average Bonchev–Trinajstić information content (AvgIpc) is 3.54. The van der Waals surface area contributed by atoms with Crippen LogP contribution in [0.1, 0.15) is 342 Å². The molecule has 11 nitrogen and oxygen atoms in total. The maximum atomic E-state index is 13.5. The van der Waals surface area contributed by atoms with E-state index in [2.05, 4.69) is 62.5 Å². The van der Waals surface area contributed by atoms with Crippen molar-refractivity contribution >= 4 is 11.9 Å². The topological polar surface area (TPSA) is 175 Å². The predicted octanol–water partition coefficient (Wildman–Crippen LogP) is 18.3. The number of ether oxygens (including phenoxy) is 3. The SMILES string of the molecule is CCCCC/C=C\C/C=C\CCCCCCCCC(O)C(=O)NC(COC1OC(CO)C(O)C(O)C1OC(=O)CCCCCCCCCCCCCCCCCCC/C=C/CCCCCCCC)C(O)/C=C/CCCCCCCCCCCC. The number of amides is 1. The molecule has 1 fully saturated rings. The second-order valence-electron chi connectivity index (χ2n) is 25.0. The Morgan fingerprint density at radius 1 is 0.464 bits per heavy atom. The molecule has 0 spiro atoms. The largest absolute Gasteiger partial charge is 0.454 e. The fourth-order valence-corrected chi connectivity index (χ4v) is 11.3. The summed E-state index contributed by atoms with van der Waals surface area (Å²) in [5.74, 6) is -1.19. The van der Waals surface area contributed by atoms with E-state index in [4.69, 9.17) is 14.2 Å². The highest BCUT2D eigenvalue weighted by molar-refractivity contribution is 5.80. The number of aliphatic hydroxyl groups excluding tert-OH is 5. The molecule has 492 valence electrons. The van der Waals surface area contributed by atoms with Gasteiger partial charge in [-0.1, -0.05) is 301 Å². The van der Waals surface area contributed by atoms with E-state index in [9.17, 15) is 35.1 Å². The zero-order valence-electron chi connectivity index (χ0n) is 54.8. The van der Waals surface area contributed by atoms with Crippen molar-refractivity contribution in [1.82, 2.24) is 5.32 Å². The average molecular weight is 1190 g/mol. The molecule has 1 rings (SSSR count). The molecule has 1 saturated heterocycles. The molecule has 0 aromatic rings. The zero-order valence-corrected chi connectivity index (χ0v) is 54.8. The first kappa shape index (κ1) is 79.6. The summed E-state index contributed by atoms with van der Waals surface area (Å²) in [6.45, 7) is 5.79. The molecule has 11 heteroatoms. The Kier molecular flexibility index (Phi) is 57.7. The van der Waals surface area contributed by atoms with E-state index >= 15 is 0 Å². The van der Waals surface area contributed by atoms with Gasteiger partial charge in [0, 0.05) is 6.42 Å². The molecule has 6 N–H and O–H groups in total. The Hall–Kier alpha value is -2.38. The van der Waals surface area contributed by atoms with Gasteiger partial charge < -0.3 is 45.1 Å². The summed E-state index contributed by atoms with van der Waals surface area (Å²) >= 11 is 0. The van der Waals surface area contributed by atoms with Gasteiger partial charge in [0.1, 0.15) is 24.4 Å². The first-order chi connectivity index (χ1) is 41.2. The van der Waals surface area contributed by atoms with Crippen molar-refractivity contribution in [3.05, 3.63) is 48.6 Å². The normalized spacial score (nSPS) is 18.7. The molecular weight excluding hydrogens is 1050 g/mol. The van der Waals surface area contributed by atoms with Gasteiger partial charge in [-0.2, -0.15) is 0 Å². The lowest BCUT2D eigenvalue weighted by atomic mass is 9.99.